The van der Waals surface area contributed by atoms with E-state index in [9.17, 15) is 4.79 Å². The molecule has 88 valence electrons. The summed E-state index contributed by atoms with van der Waals surface area (Å²) in [5.74, 6) is 0.422. The molecule has 3 N–H and O–H groups in total. The van der Waals surface area contributed by atoms with E-state index < -0.39 is 0 Å². The van der Waals surface area contributed by atoms with Gasteiger partial charge in [-0.3, -0.25) is 4.79 Å². The Morgan fingerprint density at radius 3 is 2.94 bits per heavy atom. The van der Waals surface area contributed by atoms with Gasteiger partial charge in [-0.15, -0.1) is 0 Å². The molecule has 0 saturated heterocycles. The number of ether oxygens (including phenoxy) is 1. The highest BCUT2D eigenvalue weighted by atomic mass is 16.5. The summed E-state index contributed by atoms with van der Waals surface area (Å²) >= 11 is 0. The molecule has 2 aromatic rings. The van der Waals surface area contributed by atoms with E-state index in [1.807, 2.05) is 0 Å². The Kier molecular flexibility index (Phi) is 2.95. The average molecular weight is 233 g/mol. The first-order valence-electron chi connectivity index (χ1n) is 4.86. The number of para-hydroxylation sites is 1. The quantitative estimate of drug-likeness (QED) is 0.784. The standard InChI is InChI=1S/C11H11N3O3/c1-16-8-4-2-3-7(10(8)12)11(15)13-9-5-6-17-14-9/h2-6H,12H2,1H3,(H,13,14,15). The third-order valence-corrected chi connectivity index (χ3v) is 2.21. The number of amides is 1. The molecule has 17 heavy (non-hydrogen) atoms. The van der Waals surface area contributed by atoms with Gasteiger partial charge in [-0.05, 0) is 12.1 Å². The van der Waals surface area contributed by atoms with Crippen LogP contribution in [-0.2, 0) is 0 Å². The van der Waals surface area contributed by atoms with Crippen LogP contribution in [0.4, 0.5) is 11.5 Å². The first-order valence-corrected chi connectivity index (χ1v) is 4.86. The zero-order valence-electron chi connectivity index (χ0n) is 9.14. The van der Waals surface area contributed by atoms with Gasteiger partial charge >= 0.3 is 0 Å². The fourth-order valence-electron chi connectivity index (χ4n) is 1.38. The lowest BCUT2D eigenvalue weighted by atomic mass is 10.1. The average Bonchev–Trinajstić information content (AvgIpc) is 2.82. The van der Waals surface area contributed by atoms with E-state index in [1.54, 1.807) is 18.2 Å². The van der Waals surface area contributed by atoms with Gasteiger partial charge in [-0.2, -0.15) is 0 Å². The van der Waals surface area contributed by atoms with Crippen LogP contribution in [0.25, 0.3) is 0 Å². The van der Waals surface area contributed by atoms with Gasteiger partial charge in [0.1, 0.15) is 12.0 Å². The molecular formula is C11H11N3O3. The van der Waals surface area contributed by atoms with Crippen molar-refractivity contribution in [2.45, 2.75) is 0 Å². The van der Waals surface area contributed by atoms with E-state index in [0.29, 0.717) is 17.1 Å². The van der Waals surface area contributed by atoms with Crippen LogP contribution in [0, 0.1) is 0 Å². The monoisotopic (exact) mass is 233 g/mol. The molecule has 0 fully saturated rings. The number of hydrogen-bond acceptors (Lipinski definition) is 5. The minimum Gasteiger partial charge on any atom is -0.495 e. The Hall–Kier alpha value is -2.50. The summed E-state index contributed by atoms with van der Waals surface area (Å²) in [4.78, 5) is 11.9. The van der Waals surface area contributed by atoms with Crippen molar-refractivity contribution < 1.29 is 14.1 Å². The Morgan fingerprint density at radius 1 is 1.47 bits per heavy atom. The molecule has 1 aromatic heterocycles. The molecule has 0 aliphatic rings. The number of aromatic nitrogens is 1. The molecule has 0 saturated carbocycles. The van der Waals surface area contributed by atoms with Crippen molar-refractivity contribution in [3.63, 3.8) is 0 Å². The zero-order valence-corrected chi connectivity index (χ0v) is 9.14. The number of anilines is 2. The molecule has 1 aromatic carbocycles. The highest BCUT2D eigenvalue weighted by Gasteiger charge is 2.13. The summed E-state index contributed by atoms with van der Waals surface area (Å²) < 4.78 is 9.64. The minimum absolute atomic E-state index is 0.288. The minimum atomic E-state index is -0.365. The first kappa shape index (κ1) is 11.0. The van der Waals surface area contributed by atoms with Crippen LogP contribution < -0.4 is 15.8 Å². The summed E-state index contributed by atoms with van der Waals surface area (Å²) in [5.41, 5.74) is 6.41. The molecule has 1 amide bonds. The van der Waals surface area contributed by atoms with E-state index in [-0.39, 0.29) is 11.6 Å². The number of carbonyl (C=O) groups excluding carboxylic acids is 1. The van der Waals surface area contributed by atoms with Gasteiger partial charge in [0.15, 0.2) is 5.82 Å². The van der Waals surface area contributed by atoms with Crippen LogP contribution >= 0.6 is 0 Å². The highest BCUT2D eigenvalue weighted by molar-refractivity contribution is 6.08. The van der Waals surface area contributed by atoms with E-state index >= 15 is 0 Å². The van der Waals surface area contributed by atoms with Crippen molar-refractivity contribution in [1.29, 1.82) is 0 Å². The van der Waals surface area contributed by atoms with Crippen molar-refractivity contribution in [2.24, 2.45) is 0 Å². The molecule has 0 unspecified atom stereocenters. The fraction of sp³-hybridized carbons (Fsp3) is 0.0909. The van der Waals surface area contributed by atoms with Gasteiger partial charge in [0.05, 0.1) is 18.4 Å². The molecule has 0 radical (unpaired) electrons. The van der Waals surface area contributed by atoms with Crippen molar-refractivity contribution in [3.05, 3.63) is 36.1 Å². The number of rotatable bonds is 3. The third-order valence-electron chi connectivity index (χ3n) is 2.21. The van der Waals surface area contributed by atoms with Crippen LogP contribution in [0.3, 0.4) is 0 Å². The maximum absolute atomic E-state index is 11.9. The Balaban J connectivity index is 2.25. The summed E-state index contributed by atoms with van der Waals surface area (Å²) in [5, 5.41) is 6.13. The smallest absolute Gasteiger partial charge is 0.259 e. The van der Waals surface area contributed by atoms with Gasteiger partial charge in [0, 0.05) is 6.07 Å². The van der Waals surface area contributed by atoms with E-state index in [4.69, 9.17) is 10.5 Å². The maximum atomic E-state index is 11.9. The second-order valence-corrected chi connectivity index (χ2v) is 3.26. The van der Waals surface area contributed by atoms with Crippen molar-refractivity contribution in [3.8, 4) is 5.75 Å². The topological polar surface area (TPSA) is 90.4 Å². The highest BCUT2D eigenvalue weighted by Crippen LogP contribution is 2.25. The molecular weight excluding hydrogens is 222 g/mol. The van der Waals surface area contributed by atoms with Gasteiger partial charge in [-0.1, -0.05) is 11.2 Å². The second-order valence-electron chi connectivity index (χ2n) is 3.26. The Bertz CT molecular complexity index is 523. The van der Waals surface area contributed by atoms with Gasteiger partial charge < -0.3 is 20.3 Å². The molecule has 6 heteroatoms. The van der Waals surface area contributed by atoms with Crippen molar-refractivity contribution in [2.75, 3.05) is 18.2 Å². The summed E-state index contributed by atoms with van der Waals surface area (Å²) in [6.45, 7) is 0. The van der Waals surface area contributed by atoms with E-state index in [0.717, 1.165) is 0 Å². The summed E-state index contributed by atoms with van der Waals surface area (Å²) in [7, 11) is 1.49. The number of methoxy groups -OCH3 is 1. The van der Waals surface area contributed by atoms with Crippen LogP contribution in [0.15, 0.2) is 35.1 Å². The fourth-order valence-corrected chi connectivity index (χ4v) is 1.38. The lowest BCUT2D eigenvalue weighted by Gasteiger charge is -2.08. The van der Waals surface area contributed by atoms with E-state index in [1.165, 1.54) is 19.4 Å². The molecule has 0 aliphatic carbocycles. The van der Waals surface area contributed by atoms with Gasteiger partial charge in [0.25, 0.3) is 5.91 Å². The largest absolute Gasteiger partial charge is 0.495 e. The normalized spacial score (nSPS) is 9.94. The molecule has 0 bridgehead atoms. The molecule has 0 aliphatic heterocycles. The molecule has 0 spiro atoms. The molecule has 0 atom stereocenters. The predicted octanol–water partition coefficient (Wildman–Crippen LogP) is 1.52. The van der Waals surface area contributed by atoms with Crippen molar-refractivity contribution in [1.82, 2.24) is 5.16 Å². The van der Waals surface area contributed by atoms with Crippen LogP contribution in [0.1, 0.15) is 10.4 Å². The van der Waals surface area contributed by atoms with Gasteiger partial charge in [0.2, 0.25) is 0 Å². The molecule has 2 rings (SSSR count). The zero-order chi connectivity index (χ0) is 12.3. The number of carbonyl (C=O) groups is 1. The van der Waals surface area contributed by atoms with Crippen LogP contribution in [0.5, 0.6) is 5.75 Å². The van der Waals surface area contributed by atoms with Crippen LogP contribution in [-0.4, -0.2) is 18.2 Å². The number of nitrogens with zero attached hydrogens (tertiary/aromatic N) is 1. The van der Waals surface area contributed by atoms with E-state index in [2.05, 4.69) is 15.0 Å². The number of nitrogen functional groups attached to an aromatic ring is 1. The van der Waals surface area contributed by atoms with Crippen LogP contribution in [0.2, 0.25) is 0 Å². The number of benzene rings is 1. The predicted molar refractivity (Wildman–Crippen MR) is 61.9 cm³/mol. The third kappa shape index (κ3) is 2.20. The Labute approximate surface area is 97.3 Å². The number of nitrogens with one attached hydrogen (secondary N) is 1. The lowest BCUT2D eigenvalue weighted by Crippen LogP contribution is -2.14. The van der Waals surface area contributed by atoms with Gasteiger partial charge in [-0.25, -0.2) is 0 Å². The first-order chi connectivity index (χ1) is 8.22. The molecule has 6 nitrogen and oxygen atoms in total. The second kappa shape index (κ2) is 4.56. The molecule has 1 heterocycles. The Morgan fingerprint density at radius 2 is 2.29 bits per heavy atom. The number of hydrogen-bond donors (Lipinski definition) is 2. The lowest BCUT2D eigenvalue weighted by molar-refractivity contribution is 0.102. The maximum Gasteiger partial charge on any atom is 0.259 e. The number of nitrogens with two attached hydrogens (primary N) is 1. The SMILES string of the molecule is COc1cccc(C(=O)Nc2ccon2)c1N. The summed E-state index contributed by atoms with van der Waals surface area (Å²) in [6.07, 6.45) is 1.37. The summed E-state index contributed by atoms with van der Waals surface area (Å²) in [6, 6.07) is 6.51. The van der Waals surface area contributed by atoms with Crippen molar-refractivity contribution >= 4 is 17.4 Å².